The summed E-state index contributed by atoms with van der Waals surface area (Å²) in [5.74, 6) is 1.17. The minimum Gasteiger partial charge on any atom is -0.369 e. The van der Waals surface area contributed by atoms with Gasteiger partial charge in [-0.05, 0) is 43.9 Å². The van der Waals surface area contributed by atoms with Crippen molar-refractivity contribution in [1.29, 1.82) is 0 Å². The molecule has 1 aliphatic carbocycles. The lowest BCUT2D eigenvalue weighted by Crippen LogP contribution is -2.51. The van der Waals surface area contributed by atoms with Gasteiger partial charge in [-0.3, -0.25) is 19.5 Å². The van der Waals surface area contributed by atoms with Crippen LogP contribution >= 0.6 is 0 Å². The normalized spacial score (nSPS) is 20.1. The molecule has 0 radical (unpaired) electrons. The number of nitrogens with zero attached hydrogens (tertiary/aromatic N) is 5. The summed E-state index contributed by atoms with van der Waals surface area (Å²) in [5, 5.41) is 0. The van der Waals surface area contributed by atoms with E-state index in [4.69, 9.17) is 4.98 Å². The summed E-state index contributed by atoms with van der Waals surface area (Å²) < 4.78 is 0. The molecule has 1 aromatic heterocycles. The summed E-state index contributed by atoms with van der Waals surface area (Å²) in [5.41, 5.74) is 4.72. The molecule has 8 nitrogen and oxygen atoms in total. The van der Waals surface area contributed by atoms with Crippen LogP contribution in [0.25, 0.3) is 0 Å². The maximum absolute atomic E-state index is 12.9. The van der Waals surface area contributed by atoms with Gasteiger partial charge >= 0.3 is 0 Å². The highest BCUT2D eigenvalue weighted by Gasteiger charge is 2.29. The molecule has 0 unspecified atom stereocenters. The number of carbonyl (C=O) groups is 1. The molecule has 0 bridgehead atoms. The highest BCUT2D eigenvalue weighted by atomic mass is 16.2. The Morgan fingerprint density at radius 2 is 1.64 bits per heavy atom. The topological polar surface area (TPSA) is 75.8 Å². The predicted molar refractivity (Wildman–Crippen MR) is 144 cm³/mol. The van der Waals surface area contributed by atoms with Crippen LogP contribution in [0.15, 0.2) is 29.1 Å². The van der Waals surface area contributed by atoms with Gasteiger partial charge in [-0.15, -0.1) is 0 Å². The Kier molecular flexibility index (Phi) is 7.60. The Balaban J connectivity index is 1.16. The van der Waals surface area contributed by atoms with Gasteiger partial charge in [0.15, 0.2) is 0 Å². The Labute approximate surface area is 214 Å². The highest BCUT2D eigenvalue weighted by Crippen LogP contribution is 2.26. The maximum Gasteiger partial charge on any atom is 0.252 e. The molecule has 0 atom stereocenters. The molecule has 2 aliphatic heterocycles. The number of aryl methyl sites for hydroxylation is 1. The first-order valence-electron chi connectivity index (χ1n) is 13.7. The van der Waals surface area contributed by atoms with Crippen LogP contribution in [-0.4, -0.2) is 78.0 Å². The van der Waals surface area contributed by atoms with Crippen LogP contribution in [0.2, 0.25) is 0 Å². The van der Waals surface area contributed by atoms with Gasteiger partial charge < -0.3 is 14.7 Å². The number of amides is 1. The van der Waals surface area contributed by atoms with Crippen molar-refractivity contribution >= 4 is 17.5 Å². The number of carbonyl (C=O) groups excluding carboxylic acids is 1. The fraction of sp³-hybridized carbons (Fsp3) is 0.607. The van der Waals surface area contributed by atoms with Crippen molar-refractivity contribution in [3.05, 3.63) is 51.4 Å². The molecular weight excluding hydrogens is 452 g/mol. The lowest BCUT2D eigenvalue weighted by Gasteiger charge is -2.38. The molecule has 8 heteroatoms. The van der Waals surface area contributed by atoms with E-state index in [1.54, 1.807) is 6.07 Å². The molecule has 3 fully saturated rings. The molecule has 1 N–H and O–H groups in total. The number of hydrogen-bond acceptors (Lipinski definition) is 6. The van der Waals surface area contributed by atoms with Gasteiger partial charge in [-0.2, -0.15) is 0 Å². The van der Waals surface area contributed by atoms with E-state index in [0.717, 1.165) is 44.7 Å². The zero-order valence-corrected chi connectivity index (χ0v) is 21.8. The monoisotopic (exact) mass is 492 g/mol. The van der Waals surface area contributed by atoms with E-state index >= 15 is 0 Å². The summed E-state index contributed by atoms with van der Waals surface area (Å²) in [6.07, 6.45) is 5.68. The molecular formula is C28H40N6O2. The van der Waals surface area contributed by atoms with Crippen LogP contribution < -0.4 is 15.4 Å². The average Bonchev–Trinajstić information content (AvgIpc) is 2.91. The van der Waals surface area contributed by atoms with Crippen LogP contribution in [0.3, 0.4) is 0 Å². The van der Waals surface area contributed by atoms with E-state index in [9.17, 15) is 9.59 Å². The van der Waals surface area contributed by atoms with Gasteiger partial charge in [0.05, 0.1) is 5.69 Å². The summed E-state index contributed by atoms with van der Waals surface area (Å²) in [7, 11) is 0. The van der Waals surface area contributed by atoms with Crippen LogP contribution in [0, 0.1) is 19.8 Å². The van der Waals surface area contributed by atoms with Crippen LogP contribution in [0.4, 0.5) is 11.6 Å². The molecule has 5 rings (SSSR count). The fourth-order valence-electron chi connectivity index (χ4n) is 5.93. The van der Waals surface area contributed by atoms with Gasteiger partial charge in [-0.25, -0.2) is 4.98 Å². The van der Waals surface area contributed by atoms with Crippen molar-refractivity contribution in [2.45, 2.75) is 52.5 Å². The number of aromatic amines is 1. The van der Waals surface area contributed by atoms with Crippen molar-refractivity contribution in [2.75, 3.05) is 62.2 Å². The predicted octanol–water partition coefficient (Wildman–Crippen LogP) is 2.94. The number of anilines is 2. The van der Waals surface area contributed by atoms with E-state index in [1.165, 1.54) is 36.1 Å². The first-order chi connectivity index (χ1) is 17.5. The van der Waals surface area contributed by atoms with Crippen LogP contribution in [0.1, 0.15) is 48.9 Å². The Hall–Kier alpha value is -2.87. The van der Waals surface area contributed by atoms with Crippen LogP contribution in [0.5, 0.6) is 0 Å². The average molecular weight is 493 g/mol. The summed E-state index contributed by atoms with van der Waals surface area (Å²) >= 11 is 0. The molecule has 2 saturated heterocycles. The summed E-state index contributed by atoms with van der Waals surface area (Å²) in [6.45, 7) is 11.7. The van der Waals surface area contributed by atoms with E-state index in [-0.39, 0.29) is 11.5 Å². The van der Waals surface area contributed by atoms with E-state index < -0.39 is 0 Å². The summed E-state index contributed by atoms with van der Waals surface area (Å²) in [4.78, 5) is 42.1. The lowest BCUT2D eigenvalue weighted by atomic mass is 9.88. The minimum absolute atomic E-state index is 0.107. The SMILES string of the molecule is Cc1cccc(N2CCN(Cc3cc(=O)[nH]c(N4CCN(C(=O)C5CCCCC5)CC4)n3)CC2)c1C. The summed E-state index contributed by atoms with van der Waals surface area (Å²) in [6, 6.07) is 8.14. The number of H-pyrrole nitrogens is 1. The highest BCUT2D eigenvalue weighted by molar-refractivity contribution is 5.79. The minimum atomic E-state index is -0.107. The molecule has 2 aromatic rings. The Morgan fingerprint density at radius 1 is 0.944 bits per heavy atom. The quantitative estimate of drug-likeness (QED) is 0.692. The Bertz CT molecular complexity index is 1110. The van der Waals surface area contributed by atoms with Crippen LogP contribution in [-0.2, 0) is 11.3 Å². The van der Waals surface area contributed by atoms with E-state index in [2.05, 4.69) is 51.7 Å². The smallest absolute Gasteiger partial charge is 0.252 e. The van der Waals surface area contributed by atoms with Crippen molar-refractivity contribution in [2.24, 2.45) is 5.92 Å². The van der Waals surface area contributed by atoms with Gasteiger partial charge in [0.1, 0.15) is 0 Å². The first-order valence-corrected chi connectivity index (χ1v) is 13.7. The van der Waals surface area contributed by atoms with Crippen molar-refractivity contribution < 1.29 is 4.79 Å². The van der Waals surface area contributed by atoms with Gasteiger partial charge in [0.25, 0.3) is 5.56 Å². The van der Waals surface area contributed by atoms with Crippen molar-refractivity contribution in [3.8, 4) is 0 Å². The number of rotatable bonds is 5. The Morgan fingerprint density at radius 3 is 2.36 bits per heavy atom. The molecule has 194 valence electrons. The maximum atomic E-state index is 12.9. The number of nitrogens with one attached hydrogen (secondary N) is 1. The number of piperazine rings is 2. The molecule has 3 aliphatic rings. The number of aromatic nitrogens is 2. The van der Waals surface area contributed by atoms with Gasteiger partial charge in [0, 0.05) is 76.6 Å². The second-order valence-electron chi connectivity index (χ2n) is 10.7. The zero-order chi connectivity index (χ0) is 25.1. The third kappa shape index (κ3) is 5.59. The van der Waals surface area contributed by atoms with E-state index in [0.29, 0.717) is 44.6 Å². The third-order valence-electron chi connectivity index (χ3n) is 8.30. The molecule has 3 heterocycles. The molecule has 1 saturated carbocycles. The second kappa shape index (κ2) is 11.0. The molecule has 1 aromatic carbocycles. The molecule has 1 amide bonds. The van der Waals surface area contributed by atoms with E-state index in [1.807, 2.05) is 4.90 Å². The standard InChI is InChI=1S/C28H40N6O2/c1-21-7-6-10-25(22(21)2)32-13-11-31(12-14-32)20-24-19-26(35)30-28(29-24)34-17-15-33(16-18-34)27(36)23-8-4-3-5-9-23/h6-7,10,19,23H,3-5,8-9,11-18,20H2,1-2H3,(H,29,30,35). The van der Waals surface area contributed by atoms with Gasteiger partial charge in [-0.1, -0.05) is 31.4 Å². The lowest BCUT2D eigenvalue weighted by molar-refractivity contribution is -0.136. The zero-order valence-electron chi connectivity index (χ0n) is 21.8. The van der Waals surface area contributed by atoms with Crippen molar-refractivity contribution in [1.82, 2.24) is 19.8 Å². The number of hydrogen-bond donors (Lipinski definition) is 1. The molecule has 36 heavy (non-hydrogen) atoms. The largest absolute Gasteiger partial charge is 0.369 e. The van der Waals surface area contributed by atoms with Crippen molar-refractivity contribution in [3.63, 3.8) is 0 Å². The van der Waals surface area contributed by atoms with Gasteiger partial charge in [0.2, 0.25) is 11.9 Å². The second-order valence-corrected chi connectivity index (χ2v) is 10.7. The third-order valence-corrected chi connectivity index (χ3v) is 8.30. The molecule has 0 spiro atoms. The first kappa shape index (κ1) is 24.8. The number of benzene rings is 1. The fourth-order valence-corrected chi connectivity index (χ4v) is 5.93.